The molecule has 0 amide bonds. The Morgan fingerprint density at radius 1 is 1.12 bits per heavy atom. The van der Waals surface area contributed by atoms with Gasteiger partial charge in [0, 0.05) is 20.1 Å². The Balaban J connectivity index is 1.91. The molecule has 1 saturated carbocycles. The molecule has 1 aliphatic rings. The van der Waals surface area contributed by atoms with Crippen molar-refractivity contribution in [1.82, 2.24) is 5.48 Å². The van der Waals surface area contributed by atoms with E-state index in [4.69, 9.17) is 9.57 Å². The van der Waals surface area contributed by atoms with Crippen LogP contribution < -0.4 is 5.48 Å². The Bertz CT molecular complexity index is 330. The van der Waals surface area contributed by atoms with Crippen molar-refractivity contribution in [3.05, 3.63) is 35.4 Å². The van der Waals surface area contributed by atoms with Crippen LogP contribution in [0.1, 0.15) is 24.0 Å². The zero-order valence-corrected chi connectivity index (χ0v) is 9.95. The van der Waals surface area contributed by atoms with Gasteiger partial charge >= 0.3 is 0 Å². The average molecular weight is 221 g/mol. The summed E-state index contributed by atoms with van der Waals surface area (Å²) in [4.78, 5) is 4.81. The third-order valence-corrected chi connectivity index (χ3v) is 3.21. The highest BCUT2D eigenvalue weighted by atomic mass is 16.6. The van der Waals surface area contributed by atoms with Gasteiger partial charge in [-0.2, -0.15) is 5.48 Å². The Hall–Kier alpha value is -0.900. The van der Waals surface area contributed by atoms with Crippen LogP contribution in [-0.2, 0) is 22.5 Å². The molecule has 0 heterocycles. The van der Waals surface area contributed by atoms with E-state index in [1.807, 2.05) is 7.11 Å². The van der Waals surface area contributed by atoms with E-state index in [2.05, 4.69) is 29.7 Å². The number of ether oxygens (including phenoxy) is 1. The van der Waals surface area contributed by atoms with Gasteiger partial charge in [0.2, 0.25) is 0 Å². The highest BCUT2D eigenvalue weighted by molar-refractivity contribution is 5.25. The molecule has 3 heteroatoms. The first-order valence-electron chi connectivity index (χ1n) is 5.67. The molecule has 3 nitrogen and oxygen atoms in total. The summed E-state index contributed by atoms with van der Waals surface area (Å²) in [5, 5.41) is 0. The first-order chi connectivity index (χ1) is 7.78. The van der Waals surface area contributed by atoms with Gasteiger partial charge in [-0.3, -0.25) is 0 Å². The second-order valence-electron chi connectivity index (χ2n) is 4.41. The monoisotopic (exact) mass is 221 g/mol. The van der Waals surface area contributed by atoms with Crippen LogP contribution in [0.4, 0.5) is 0 Å². The predicted molar refractivity (Wildman–Crippen MR) is 63.0 cm³/mol. The van der Waals surface area contributed by atoms with Crippen molar-refractivity contribution in [3.63, 3.8) is 0 Å². The molecule has 0 bridgehead atoms. The van der Waals surface area contributed by atoms with Gasteiger partial charge in [0.25, 0.3) is 0 Å². The molecule has 0 aromatic heterocycles. The van der Waals surface area contributed by atoms with Gasteiger partial charge < -0.3 is 9.57 Å². The number of hydrogen-bond donors (Lipinski definition) is 1. The topological polar surface area (TPSA) is 30.5 Å². The molecule has 1 aliphatic carbocycles. The van der Waals surface area contributed by atoms with Crippen LogP contribution in [0.3, 0.4) is 0 Å². The van der Waals surface area contributed by atoms with Crippen LogP contribution in [0.25, 0.3) is 0 Å². The largest absolute Gasteiger partial charge is 0.378 e. The summed E-state index contributed by atoms with van der Waals surface area (Å²) in [5.41, 5.74) is 5.55. The molecular formula is C13H19NO2. The minimum atomic E-state index is 0.145. The summed E-state index contributed by atoms with van der Waals surface area (Å²) in [6, 6.07) is 8.61. The second-order valence-corrected chi connectivity index (χ2v) is 4.41. The van der Waals surface area contributed by atoms with E-state index in [-0.39, 0.29) is 5.60 Å². The molecule has 2 rings (SSSR count). The fourth-order valence-corrected chi connectivity index (χ4v) is 1.89. The Labute approximate surface area is 96.7 Å². The third kappa shape index (κ3) is 2.82. The van der Waals surface area contributed by atoms with E-state index >= 15 is 0 Å². The fourth-order valence-electron chi connectivity index (χ4n) is 1.89. The number of benzene rings is 1. The van der Waals surface area contributed by atoms with Crippen LogP contribution in [0, 0.1) is 0 Å². The van der Waals surface area contributed by atoms with Crippen LogP contribution >= 0.6 is 0 Å². The molecule has 88 valence electrons. The summed E-state index contributed by atoms with van der Waals surface area (Å²) in [7, 11) is 3.44. The molecule has 0 radical (unpaired) electrons. The summed E-state index contributed by atoms with van der Waals surface area (Å²) < 4.78 is 5.52. The third-order valence-electron chi connectivity index (χ3n) is 3.21. The standard InChI is InChI=1S/C13H19NO2/c1-15-13(7-8-13)9-11-3-5-12(6-4-11)10-14-16-2/h3-6,14H,7-10H2,1-2H3. The van der Waals surface area contributed by atoms with Crippen LogP contribution in [0.5, 0.6) is 0 Å². The molecule has 0 unspecified atom stereocenters. The van der Waals surface area contributed by atoms with Gasteiger partial charge in [-0.1, -0.05) is 24.3 Å². The molecule has 1 aromatic carbocycles. The Kier molecular flexibility index (Phi) is 3.59. The SMILES string of the molecule is CONCc1ccc(CC2(OC)CC2)cc1. The molecule has 1 aromatic rings. The van der Waals surface area contributed by atoms with E-state index in [0.29, 0.717) is 0 Å². The second kappa shape index (κ2) is 4.95. The highest BCUT2D eigenvalue weighted by Gasteiger charge is 2.42. The van der Waals surface area contributed by atoms with Gasteiger partial charge in [0.05, 0.1) is 12.7 Å². The normalized spacial score (nSPS) is 17.4. The first-order valence-corrected chi connectivity index (χ1v) is 5.67. The van der Waals surface area contributed by atoms with Gasteiger partial charge in [-0.05, 0) is 24.0 Å². The lowest BCUT2D eigenvalue weighted by molar-refractivity contribution is 0.0807. The van der Waals surface area contributed by atoms with Crippen molar-refractivity contribution >= 4 is 0 Å². The highest BCUT2D eigenvalue weighted by Crippen LogP contribution is 2.41. The maximum atomic E-state index is 5.52. The Morgan fingerprint density at radius 2 is 1.75 bits per heavy atom. The lowest BCUT2D eigenvalue weighted by Crippen LogP contribution is -2.15. The van der Waals surface area contributed by atoms with Crippen LogP contribution in [0.15, 0.2) is 24.3 Å². The number of hydroxylamine groups is 1. The van der Waals surface area contributed by atoms with Gasteiger partial charge in [-0.25, -0.2) is 0 Å². The zero-order chi connectivity index (χ0) is 11.4. The smallest absolute Gasteiger partial charge is 0.0721 e. The molecule has 0 atom stereocenters. The van der Waals surface area contributed by atoms with Crippen molar-refractivity contribution in [2.24, 2.45) is 0 Å². The molecule has 0 saturated heterocycles. The lowest BCUT2D eigenvalue weighted by Gasteiger charge is -2.13. The van der Waals surface area contributed by atoms with Crippen molar-refractivity contribution in [2.75, 3.05) is 14.2 Å². The number of nitrogens with one attached hydrogen (secondary N) is 1. The van der Waals surface area contributed by atoms with Gasteiger partial charge in [0.1, 0.15) is 0 Å². The van der Waals surface area contributed by atoms with E-state index in [1.54, 1.807) is 7.11 Å². The summed E-state index contributed by atoms with van der Waals surface area (Å²) in [6.45, 7) is 0.742. The zero-order valence-electron chi connectivity index (χ0n) is 9.95. The number of rotatable bonds is 6. The lowest BCUT2D eigenvalue weighted by atomic mass is 10.0. The maximum absolute atomic E-state index is 5.52. The minimum absolute atomic E-state index is 0.145. The molecule has 1 N–H and O–H groups in total. The van der Waals surface area contributed by atoms with Crippen molar-refractivity contribution in [2.45, 2.75) is 31.4 Å². The van der Waals surface area contributed by atoms with Gasteiger partial charge in [-0.15, -0.1) is 0 Å². The molecular weight excluding hydrogens is 202 g/mol. The van der Waals surface area contributed by atoms with Crippen molar-refractivity contribution in [1.29, 1.82) is 0 Å². The molecule has 0 aliphatic heterocycles. The summed E-state index contributed by atoms with van der Waals surface area (Å²) in [5.74, 6) is 0. The summed E-state index contributed by atoms with van der Waals surface area (Å²) >= 11 is 0. The fraction of sp³-hybridized carbons (Fsp3) is 0.538. The average Bonchev–Trinajstić information content (AvgIpc) is 3.09. The Morgan fingerprint density at radius 3 is 2.25 bits per heavy atom. The predicted octanol–water partition coefficient (Wildman–Crippen LogP) is 2.06. The molecule has 0 spiro atoms. The minimum Gasteiger partial charge on any atom is -0.378 e. The van der Waals surface area contributed by atoms with E-state index in [1.165, 1.54) is 24.0 Å². The molecule has 1 fully saturated rings. The first kappa shape index (κ1) is 11.6. The van der Waals surface area contributed by atoms with Crippen LogP contribution in [-0.4, -0.2) is 19.8 Å². The van der Waals surface area contributed by atoms with E-state index in [0.717, 1.165) is 13.0 Å². The van der Waals surface area contributed by atoms with Crippen LogP contribution in [0.2, 0.25) is 0 Å². The van der Waals surface area contributed by atoms with Crippen molar-refractivity contribution in [3.8, 4) is 0 Å². The summed E-state index contributed by atoms with van der Waals surface area (Å²) in [6.07, 6.45) is 3.41. The number of methoxy groups -OCH3 is 1. The molecule has 16 heavy (non-hydrogen) atoms. The van der Waals surface area contributed by atoms with E-state index in [9.17, 15) is 0 Å². The quantitative estimate of drug-likeness (QED) is 0.746. The maximum Gasteiger partial charge on any atom is 0.0721 e. The van der Waals surface area contributed by atoms with E-state index < -0.39 is 0 Å². The van der Waals surface area contributed by atoms with Crippen molar-refractivity contribution < 1.29 is 9.57 Å². The number of hydrogen-bond acceptors (Lipinski definition) is 3. The van der Waals surface area contributed by atoms with Gasteiger partial charge in [0.15, 0.2) is 0 Å².